The van der Waals surface area contributed by atoms with Crippen LogP contribution in [0.3, 0.4) is 0 Å². The third kappa shape index (κ3) is 5.12. The molecule has 26 heavy (non-hydrogen) atoms. The highest BCUT2D eigenvalue weighted by Crippen LogP contribution is 2.16. The number of benzene rings is 1. The normalized spacial score (nSPS) is 10.2. The number of hydrogen-bond donors (Lipinski definition) is 3. The van der Waals surface area contributed by atoms with Crippen LogP contribution < -0.4 is 16.0 Å². The summed E-state index contributed by atoms with van der Waals surface area (Å²) in [6, 6.07) is 12.3. The van der Waals surface area contributed by atoms with E-state index in [0.717, 1.165) is 0 Å². The molecule has 0 aliphatic heterocycles. The molecular weight excluding hydrogens is 350 g/mol. The maximum Gasteiger partial charge on any atom is 0.265 e. The fourth-order valence-electron chi connectivity index (χ4n) is 2.14. The highest BCUT2D eigenvalue weighted by Gasteiger charge is 2.07. The molecule has 0 atom stereocenters. The van der Waals surface area contributed by atoms with Crippen molar-refractivity contribution in [3.63, 3.8) is 0 Å². The predicted molar refractivity (Wildman–Crippen MR) is 102 cm³/mol. The van der Waals surface area contributed by atoms with Gasteiger partial charge in [-0.25, -0.2) is 9.97 Å². The van der Waals surface area contributed by atoms with Gasteiger partial charge in [0.1, 0.15) is 0 Å². The molecule has 3 aromatic rings. The minimum atomic E-state index is -0.147. The fraction of sp³-hybridized carbons (Fsp3) is 0.111. The van der Waals surface area contributed by atoms with Gasteiger partial charge in [-0.1, -0.05) is 6.07 Å². The minimum absolute atomic E-state index is 0.121. The third-order valence-corrected chi connectivity index (χ3v) is 4.24. The Kier molecular flexibility index (Phi) is 5.89. The number of thiophene rings is 1. The average Bonchev–Trinajstić information content (AvgIpc) is 3.19. The molecule has 1 aromatic carbocycles. The number of hydrogen-bond acceptors (Lipinski definition) is 6. The molecule has 0 saturated heterocycles. The number of aromatic nitrogens is 2. The number of amides is 2. The van der Waals surface area contributed by atoms with Gasteiger partial charge in [-0.3, -0.25) is 9.59 Å². The molecule has 0 unspecified atom stereocenters. The van der Waals surface area contributed by atoms with Crippen molar-refractivity contribution in [2.75, 3.05) is 22.5 Å². The van der Waals surface area contributed by atoms with Crippen molar-refractivity contribution in [3.8, 4) is 0 Å². The van der Waals surface area contributed by atoms with Gasteiger partial charge in [0.2, 0.25) is 11.9 Å². The first-order valence-corrected chi connectivity index (χ1v) is 8.84. The van der Waals surface area contributed by atoms with E-state index in [0.29, 0.717) is 28.7 Å². The highest BCUT2D eigenvalue weighted by molar-refractivity contribution is 7.12. The van der Waals surface area contributed by atoms with E-state index in [9.17, 15) is 9.59 Å². The quantitative estimate of drug-likeness (QED) is 0.596. The first kappa shape index (κ1) is 17.6. The van der Waals surface area contributed by atoms with Crippen LogP contribution in [0.15, 0.2) is 60.2 Å². The second-order valence-electron chi connectivity index (χ2n) is 5.31. The van der Waals surface area contributed by atoms with Gasteiger partial charge in [0, 0.05) is 36.7 Å². The Morgan fingerprint density at radius 2 is 1.62 bits per heavy atom. The van der Waals surface area contributed by atoms with Crippen molar-refractivity contribution in [2.45, 2.75) is 6.42 Å². The smallest absolute Gasteiger partial charge is 0.265 e. The molecule has 132 valence electrons. The van der Waals surface area contributed by atoms with Gasteiger partial charge in [0.05, 0.1) is 4.88 Å². The summed E-state index contributed by atoms with van der Waals surface area (Å²) in [6.07, 6.45) is 3.55. The second-order valence-corrected chi connectivity index (χ2v) is 6.25. The van der Waals surface area contributed by atoms with Crippen molar-refractivity contribution >= 4 is 40.5 Å². The van der Waals surface area contributed by atoms with Crippen LogP contribution in [0.4, 0.5) is 17.3 Å². The van der Waals surface area contributed by atoms with E-state index < -0.39 is 0 Å². The molecular formula is C18H17N5O2S. The molecule has 0 aliphatic carbocycles. The maximum atomic E-state index is 12.0. The van der Waals surface area contributed by atoms with E-state index in [1.165, 1.54) is 11.3 Å². The Hall–Kier alpha value is -3.26. The molecule has 2 heterocycles. The zero-order valence-electron chi connectivity index (χ0n) is 13.8. The van der Waals surface area contributed by atoms with Crippen molar-refractivity contribution in [2.24, 2.45) is 0 Å². The Morgan fingerprint density at radius 3 is 2.27 bits per heavy atom. The monoisotopic (exact) mass is 367 g/mol. The van der Waals surface area contributed by atoms with Crippen molar-refractivity contribution in [1.82, 2.24) is 9.97 Å². The van der Waals surface area contributed by atoms with Crippen LogP contribution in [0.25, 0.3) is 0 Å². The summed E-state index contributed by atoms with van der Waals surface area (Å²) >= 11 is 1.38. The van der Waals surface area contributed by atoms with Crippen LogP contribution in [0.1, 0.15) is 16.1 Å². The minimum Gasteiger partial charge on any atom is -0.354 e. The molecule has 0 bridgehead atoms. The van der Waals surface area contributed by atoms with E-state index in [1.54, 1.807) is 48.8 Å². The van der Waals surface area contributed by atoms with E-state index in [1.807, 2.05) is 11.4 Å². The van der Waals surface area contributed by atoms with Crippen molar-refractivity contribution in [1.29, 1.82) is 0 Å². The number of nitrogens with one attached hydrogen (secondary N) is 3. The first-order chi connectivity index (χ1) is 12.7. The van der Waals surface area contributed by atoms with E-state index >= 15 is 0 Å². The lowest BCUT2D eigenvalue weighted by molar-refractivity contribution is -0.115. The molecule has 0 fully saturated rings. The summed E-state index contributed by atoms with van der Waals surface area (Å²) in [4.78, 5) is 32.6. The van der Waals surface area contributed by atoms with Crippen LogP contribution in [0.5, 0.6) is 0 Å². The van der Waals surface area contributed by atoms with Crippen LogP contribution in [-0.2, 0) is 4.79 Å². The van der Waals surface area contributed by atoms with Crippen LogP contribution >= 0.6 is 11.3 Å². The number of anilines is 3. The summed E-state index contributed by atoms with van der Waals surface area (Å²) in [5.41, 5.74) is 1.34. The number of carbonyl (C=O) groups excluding carboxylic acids is 2. The predicted octanol–water partition coefficient (Wildman–Crippen LogP) is 3.23. The molecule has 0 saturated carbocycles. The zero-order chi connectivity index (χ0) is 18.2. The molecule has 3 N–H and O–H groups in total. The summed E-state index contributed by atoms with van der Waals surface area (Å²) in [5.74, 6) is 0.223. The Bertz CT molecular complexity index is 851. The average molecular weight is 367 g/mol. The van der Waals surface area contributed by atoms with Crippen LogP contribution in [0, 0.1) is 0 Å². The third-order valence-electron chi connectivity index (χ3n) is 3.37. The molecule has 8 heteroatoms. The number of carbonyl (C=O) groups is 2. The summed E-state index contributed by atoms with van der Waals surface area (Å²) in [5, 5.41) is 10.4. The molecule has 3 rings (SSSR count). The standard InChI is InChI=1S/C18H17N5O2S/c24-16(8-11-21-18-19-9-2-10-20-18)22-13-4-6-14(7-5-13)23-17(25)15-3-1-12-26-15/h1-7,9-10,12H,8,11H2,(H,22,24)(H,23,25)(H,19,20,21). The largest absolute Gasteiger partial charge is 0.354 e. The fourth-order valence-corrected chi connectivity index (χ4v) is 2.76. The van der Waals surface area contributed by atoms with Gasteiger partial charge >= 0.3 is 0 Å². The summed E-state index contributed by atoms with van der Waals surface area (Å²) < 4.78 is 0. The zero-order valence-corrected chi connectivity index (χ0v) is 14.6. The Morgan fingerprint density at radius 1 is 0.923 bits per heavy atom. The summed E-state index contributed by atoms with van der Waals surface area (Å²) in [7, 11) is 0. The van der Waals surface area contributed by atoms with Crippen molar-refractivity contribution in [3.05, 3.63) is 65.1 Å². The Balaban J connectivity index is 1.44. The lowest BCUT2D eigenvalue weighted by Crippen LogP contribution is -2.17. The molecule has 0 aliphatic rings. The molecule has 0 radical (unpaired) electrons. The van der Waals surface area contributed by atoms with Crippen molar-refractivity contribution < 1.29 is 9.59 Å². The van der Waals surface area contributed by atoms with Crippen LogP contribution in [0.2, 0.25) is 0 Å². The van der Waals surface area contributed by atoms with E-state index in [4.69, 9.17) is 0 Å². The van der Waals surface area contributed by atoms with Gasteiger partial charge in [-0.15, -0.1) is 11.3 Å². The van der Waals surface area contributed by atoms with Gasteiger partial charge in [-0.2, -0.15) is 0 Å². The lowest BCUT2D eigenvalue weighted by atomic mass is 10.2. The number of rotatable bonds is 7. The topological polar surface area (TPSA) is 96.0 Å². The van der Waals surface area contributed by atoms with E-state index in [-0.39, 0.29) is 18.2 Å². The van der Waals surface area contributed by atoms with Crippen LogP contribution in [-0.4, -0.2) is 28.3 Å². The van der Waals surface area contributed by atoms with Gasteiger partial charge in [-0.05, 0) is 41.8 Å². The van der Waals surface area contributed by atoms with Gasteiger partial charge in [0.25, 0.3) is 5.91 Å². The van der Waals surface area contributed by atoms with E-state index in [2.05, 4.69) is 25.9 Å². The molecule has 2 aromatic heterocycles. The second kappa shape index (κ2) is 8.72. The Labute approximate surface area is 154 Å². The lowest BCUT2D eigenvalue weighted by Gasteiger charge is -2.08. The molecule has 0 spiro atoms. The summed E-state index contributed by atoms with van der Waals surface area (Å²) in [6.45, 7) is 0.435. The van der Waals surface area contributed by atoms with Gasteiger partial charge in [0.15, 0.2) is 0 Å². The highest BCUT2D eigenvalue weighted by atomic mass is 32.1. The molecule has 2 amide bonds. The van der Waals surface area contributed by atoms with Gasteiger partial charge < -0.3 is 16.0 Å². The number of nitrogens with zero attached hydrogens (tertiary/aromatic N) is 2. The first-order valence-electron chi connectivity index (χ1n) is 7.96. The molecule has 7 nitrogen and oxygen atoms in total. The SMILES string of the molecule is O=C(CCNc1ncccn1)Nc1ccc(NC(=O)c2cccs2)cc1. The maximum absolute atomic E-state index is 12.0.